The third-order valence-electron chi connectivity index (χ3n) is 15.7. The Morgan fingerprint density at radius 2 is 0.744 bits per heavy atom. The molecule has 10 heteroatoms. The van der Waals surface area contributed by atoms with E-state index >= 15 is 0 Å². The zero-order valence-corrected chi connectivity index (χ0v) is 55.9. The van der Waals surface area contributed by atoms with Crippen LogP contribution >= 0.6 is 7.82 Å². The average molecular weight is 1170 g/mol. The molecular formula is C72H136N2O7P+. The molecule has 0 saturated carbocycles. The van der Waals surface area contributed by atoms with E-state index in [1.165, 1.54) is 205 Å². The summed E-state index contributed by atoms with van der Waals surface area (Å²) in [6, 6.07) is -0.859. The third-order valence-corrected chi connectivity index (χ3v) is 16.7. The Kier molecular flexibility index (Phi) is 60.1. The fourth-order valence-electron chi connectivity index (χ4n) is 10.3. The molecule has 0 aromatic heterocycles. The Balaban J connectivity index is 5.12. The van der Waals surface area contributed by atoms with Crippen molar-refractivity contribution >= 4 is 19.7 Å². The summed E-state index contributed by atoms with van der Waals surface area (Å²) >= 11 is 0. The summed E-state index contributed by atoms with van der Waals surface area (Å²) in [4.78, 5) is 37.9. The highest BCUT2D eigenvalue weighted by atomic mass is 31.2. The Hall–Kier alpha value is -2.29. The molecule has 0 aliphatic heterocycles. The number of rotatable bonds is 64. The maximum atomic E-state index is 13.6. The summed E-state index contributed by atoms with van der Waals surface area (Å²) in [6.45, 7) is 7.01. The van der Waals surface area contributed by atoms with Gasteiger partial charge in [-0.15, -0.1) is 0 Å². The first-order chi connectivity index (χ1) is 39.9. The molecule has 0 rings (SSSR count). The van der Waals surface area contributed by atoms with E-state index in [0.717, 1.165) is 96.3 Å². The van der Waals surface area contributed by atoms with Crippen LogP contribution in [0.25, 0.3) is 0 Å². The number of nitrogens with zero attached hydrogens (tertiary/aromatic N) is 1. The number of hydrogen-bond donors (Lipinski definition) is 2. The van der Waals surface area contributed by atoms with Crippen molar-refractivity contribution < 1.29 is 37.3 Å². The summed E-state index contributed by atoms with van der Waals surface area (Å²) in [7, 11) is 1.49. The van der Waals surface area contributed by atoms with E-state index in [2.05, 4.69) is 74.7 Å². The van der Waals surface area contributed by atoms with Crippen LogP contribution in [0.15, 0.2) is 60.8 Å². The Morgan fingerprint density at radius 1 is 0.427 bits per heavy atom. The van der Waals surface area contributed by atoms with Gasteiger partial charge in [-0.25, -0.2) is 4.57 Å². The van der Waals surface area contributed by atoms with Gasteiger partial charge in [0, 0.05) is 12.8 Å². The first-order valence-electron chi connectivity index (χ1n) is 35.1. The second-order valence-corrected chi connectivity index (χ2v) is 26.5. The number of carbonyl (C=O) groups excluding carboxylic acids is 2. The minimum Gasteiger partial charge on any atom is -0.456 e. The van der Waals surface area contributed by atoms with Crippen molar-refractivity contribution in [2.75, 3.05) is 40.9 Å². The summed E-state index contributed by atoms with van der Waals surface area (Å²) < 4.78 is 30.8. The van der Waals surface area contributed by atoms with Crippen molar-refractivity contribution in [3.8, 4) is 0 Å². The van der Waals surface area contributed by atoms with Gasteiger partial charge in [0.2, 0.25) is 5.91 Å². The van der Waals surface area contributed by atoms with Crippen LogP contribution < -0.4 is 5.32 Å². The molecule has 3 unspecified atom stereocenters. The number of allylic oxidation sites excluding steroid dienone is 9. The topological polar surface area (TPSA) is 111 Å². The van der Waals surface area contributed by atoms with E-state index in [9.17, 15) is 19.0 Å². The quantitative estimate of drug-likeness (QED) is 0.0205. The molecule has 0 aromatic rings. The SMILES string of the molecule is CCCCC/C=C\C/C=C\C/C=C\C/C=C\CCCCCCCC(=O)NC(COP(=O)(O)OCC[N+](C)(C)C)C(/C=C/CCCCCCCCCCCC)OC(=O)CCCCCCCCCCCCCCCCCCCCCCCCC. The van der Waals surface area contributed by atoms with Gasteiger partial charge in [0.1, 0.15) is 19.3 Å². The van der Waals surface area contributed by atoms with E-state index in [1.54, 1.807) is 0 Å². The normalized spacial score (nSPS) is 13.9. The van der Waals surface area contributed by atoms with Crippen molar-refractivity contribution in [1.82, 2.24) is 5.32 Å². The van der Waals surface area contributed by atoms with Crippen molar-refractivity contribution in [3.63, 3.8) is 0 Å². The van der Waals surface area contributed by atoms with Crippen LogP contribution in [-0.2, 0) is 27.9 Å². The molecule has 0 spiro atoms. The predicted octanol–water partition coefficient (Wildman–Crippen LogP) is 22.2. The molecule has 82 heavy (non-hydrogen) atoms. The molecule has 480 valence electrons. The number of esters is 1. The summed E-state index contributed by atoms with van der Waals surface area (Å²) in [6.07, 6.45) is 79.4. The van der Waals surface area contributed by atoms with Crippen LogP contribution in [0.2, 0.25) is 0 Å². The van der Waals surface area contributed by atoms with Crippen LogP contribution in [0.4, 0.5) is 0 Å². The van der Waals surface area contributed by atoms with Crippen molar-refractivity contribution in [1.29, 1.82) is 0 Å². The summed E-state index contributed by atoms with van der Waals surface area (Å²) in [5, 5.41) is 3.06. The molecule has 3 atom stereocenters. The average Bonchev–Trinajstić information content (AvgIpc) is 3.44. The van der Waals surface area contributed by atoms with Crippen molar-refractivity contribution in [2.24, 2.45) is 0 Å². The Morgan fingerprint density at radius 3 is 1.13 bits per heavy atom. The molecule has 0 fully saturated rings. The first-order valence-corrected chi connectivity index (χ1v) is 36.6. The van der Waals surface area contributed by atoms with Gasteiger partial charge in [0.05, 0.1) is 33.8 Å². The van der Waals surface area contributed by atoms with Gasteiger partial charge in [-0.2, -0.15) is 0 Å². The highest BCUT2D eigenvalue weighted by Gasteiger charge is 2.30. The molecule has 0 aromatic carbocycles. The van der Waals surface area contributed by atoms with E-state index < -0.39 is 20.0 Å². The zero-order chi connectivity index (χ0) is 60.0. The van der Waals surface area contributed by atoms with Crippen LogP contribution in [0.5, 0.6) is 0 Å². The number of likely N-dealkylation sites (N-methyl/N-ethyl adjacent to an activating group) is 1. The van der Waals surface area contributed by atoms with Crippen LogP contribution in [-0.4, -0.2) is 74.3 Å². The second kappa shape index (κ2) is 61.8. The molecule has 0 radical (unpaired) electrons. The molecule has 0 aliphatic carbocycles. The summed E-state index contributed by atoms with van der Waals surface area (Å²) in [5.74, 6) is -0.513. The fraction of sp³-hybridized carbons (Fsp3) is 0.833. The Bertz CT molecular complexity index is 1590. The van der Waals surface area contributed by atoms with Gasteiger partial charge in [-0.3, -0.25) is 18.6 Å². The van der Waals surface area contributed by atoms with E-state index in [-0.39, 0.29) is 25.1 Å². The standard InChI is InChI=1S/C72H135N2O7P/c1-7-10-13-16-19-22-25-28-30-32-34-36-37-39-41-43-45-47-50-53-56-59-62-65-72(76)81-70(63-60-57-54-51-48-27-24-21-18-15-12-9-3)69(68-80-82(77,78)79-67-66-74(4,5)6)73-71(75)64-61-58-55-52-49-46-44-42-40-38-35-33-31-29-26-23-20-17-14-11-8-2/h20,23,29,31,35,38,42,44,60,63,69-70H,7-19,21-22,24-28,30,32-34,36-37,39-41,43,45-59,61-62,64-68H2,1-6H3,(H-,73,75,77,78)/p+1/b23-20-,31-29-,38-35-,44-42-,63-60+. The van der Waals surface area contributed by atoms with E-state index in [4.69, 9.17) is 13.8 Å². The van der Waals surface area contributed by atoms with Crippen LogP contribution in [0.3, 0.4) is 0 Å². The molecule has 9 nitrogen and oxygen atoms in total. The highest BCUT2D eigenvalue weighted by Crippen LogP contribution is 2.43. The number of carbonyl (C=O) groups is 2. The number of nitrogens with one attached hydrogen (secondary N) is 1. The number of quaternary nitrogens is 1. The van der Waals surface area contributed by atoms with Gasteiger partial charge in [-0.05, 0) is 76.7 Å². The molecule has 0 saturated heterocycles. The van der Waals surface area contributed by atoms with Crippen molar-refractivity contribution in [3.05, 3.63) is 60.8 Å². The number of ether oxygens (including phenoxy) is 1. The minimum absolute atomic E-state index is 0.0363. The fourth-order valence-corrected chi connectivity index (χ4v) is 11.0. The van der Waals surface area contributed by atoms with Gasteiger partial charge in [0.25, 0.3) is 0 Å². The lowest BCUT2D eigenvalue weighted by Gasteiger charge is -2.27. The maximum absolute atomic E-state index is 13.6. The second-order valence-electron chi connectivity index (χ2n) is 25.1. The molecular weight excluding hydrogens is 1040 g/mol. The van der Waals surface area contributed by atoms with Gasteiger partial charge in [-0.1, -0.05) is 307 Å². The van der Waals surface area contributed by atoms with Gasteiger partial charge < -0.3 is 19.4 Å². The molecule has 0 bridgehead atoms. The van der Waals surface area contributed by atoms with E-state index in [0.29, 0.717) is 23.9 Å². The predicted molar refractivity (Wildman–Crippen MR) is 355 cm³/mol. The van der Waals surface area contributed by atoms with Gasteiger partial charge in [0.15, 0.2) is 0 Å². The largest absolute Gasteiger partial charge is 0.472 e. The number of unbranched alkanes of at least 4 members (excludes halogenated alkanes) is 40. The number of amides is 1. The molecule has 2 N–H and O–H groups in total. The van der Waals surface area contributed by atoms with Gasteiger partial charge >= 0.3 is 13.8 Å². The monoisotopic (exact) mass is 1170 g/mol. The minimum atomic E-state index is -4.46. The zero-order valence-electron chi connectivity index (χ0n) is 55.0. The number of phosphoric acid groups is 1. The Labute approximate surface area is 509 Å². The lowest BCUT2D eigenvalue weighted by molar-refractivity contribution is -0.870. The van der Waals surface area contributed by atoms with Crippen LogP contribution in [0.1, 0.15) is 335 Å². The maximum Gasteiger partial charge on any atom is 0.472 e. The lowest BCUT2D eigenvalue weighted by Crippen LogP contribution is -2.47. The highest BCUT2D eigenvalue weighted by molar-refractivity contribution is 7.47. The third kappa shape index (κ3) is 62.2. The number of phosphoric ester groups is 1. The molecule has 0 heterocycles. The first kappa shape index (κ1) is 79.7. The lowest BCUT2D eigenvalue weighted by atomic mass is 10.0. The van der Waals surface area contributed by atoms with E-state index in [1.807, 2.05) is 33.3 Å². The molecule has 1 amide bonds. The van der Waals surface area contributed by atoms with Crippen molar-refractivity contribution in [2.45, 2.75) is 348 Å². The number of hydrogen-bond acceptors (Lipinski definition) is 6. The smallest absolute Gasteiger partial charge is 0.456 e. The molecule has 0 aliphatic rings. The summed E-state index contributed by atoms with van der Waals surface area (Å²) in [5.41, 5.74) is 0. The van der Waals surface area contributed by atoms with Crippen LogP contribution in [0, 0.1) is 0 Å².